The van der Waals surface area contributed by atoms with E-state index in [4.69, 9.17) is 4.98 Å². The zero-order chi connectivity index (χ0) is 25.7. The highest BCUT2D eigenvalue weighted by Crippen LogP contribution is 2.34. The van der Waals surface area contributed by atoms with E-state index in [0.717, 1.165) is 16.6 Å². The van der Waals surface area contributed by atoms with Crippen LogP contribution in [0.4, 0.5) is 10.1 Å². The van der Waals surface area contributed by atoms with Crippen molar-refractivity contribution in [3.63, 3.8) is 0 Å². The molecule has 184 valence electrons. The predicted molar refractivity (Wildman–Crippen MR) is 144 cm³/mol. The Bertz CT molecular complexity index is 1780. The smallest absolute Gasteiger partial charge is 0.229 e. The molecule has 5 heterocycles. The SMILES string of the molecule is CC(C)(C)C(=O)Nc1cncc(-c2cc3c(-c4nc5c(-c6ccsc6)ccnc5[nH]4)n[nH]c3cc2F)c1. The average molecular weight is 512 g/mol. The highest BCUT2D eigenvalue weighted by atomic mass is 32.1. The lowest BCUT2D eigenvalue weighted by atomic mass is 9.95. The quantitative estimate of drug-likeness (QED) is 0.253. The number of pyridine rings is 2. The second-order valence-corrected chi connectivity index (χ2v) is 10.5. The standard InChI is InChI=1S/C27H22FN7OS/c1-27(2,3)26(36)31-16-8-15(11-29-12-16)18-9-19-21(10-20(18)28)34-35-23(19)25-32-22-17(14-5-7-37-13-14)4-6-30-24(22)33-25/h4-13H,1-3H3,(H,31,36)(H,34,35)(H,30,32,33). The first-order valence-corrected chi connectivity index (χ1v) is 12.5. The van der Waals surface area contributed by atoms with E-state index in [1.165, 1.54) is 6.07 Å². The minimum atomic E-state index is -0.573. The normalized spacial score (nSPS) is 11.9. The molecule has 0 atom stereocenters. The number of nitrogens with one attached hydrogen (secondary N) is 3. The molecule has 6 aromatic rings. The monoisotopic (exact) mass is 511 g/mol. The van der Waals surface area contributed by atoms with E-state index in [-0.39, 0.29) is 5.91 Å². The molecule has 8 nitrogen and oxygen atoms in total. The van der Waals surface area contributed by atoms with Crippen LogP contribution in [-0.2, 0) is 4.79 Å². The number of amides is 1. The van der Waals surface area contributed by atoms with E-state index in [9.17, 15) is 4.79 Å². The highest BCUT2D eigenvalue weighted by molar-refractivity contribution is 7.08. The molecule has 0 aliphatic rings. The Morgan fingerprint density at radius 1 is 1.08 bits per heavy atom. The topological polar surface area (TPSA) is 112 Å². The van der Waals surface area contributed by atoms with Crippen molar-refractivity contribution in [2.24, 2.45) is 5.41 Å². The lowest BCUT2D eigenvalue weighted by molar-refractivity contribution is -0.123. The summed E-state index contributed by atoms with van der Waals surface area (Å²) < 4.78 is 15.2. The summed E-state index contributed by atoms with van der Waals surface area (Å²) in [5, 5.41) is 15.0. The molecule has 0 unspecified atom stereocenters. The Morgan fingerprint density at radius 3 is 2.73 bits per heavy atom. The molecule has 3 N–H and O–H groups in total. The molecule has 0 radical (unpaired) electrons. The van der Waals surface area contributed by atoms with Crippen LogP contribution in [0.3, 0.4) is 0 Å². The fourth-order valence-electron chi connectivity index (χ4n) is 4.09. The molecule has 0 aliphatic carbocycles. The number of aromatic nitrogens is 6. The molecule has 0 spiro atoms. The molecule has 0 saturated carbocycles. The third kappa shape index (κ3) is 4.15. The number of benzene rings is 1. The number of halogens is 1. The Hall–Kier alpha value is -4.44. The summed E-state index contributed by atoms with van der Waals surface area (Å²) in [7, 11) is 0. The van der Waals surface area contributed by atoms with Crippen LogP contribution in [0.5, 0.6) is 0 Å². The zero-order valence-corrected chi connectivity index (χ0v) is 21.1. The van der Waals surface area contributed by atoms with Gasteiger partial charge in [-0.05, 0) is 40.6 Å². The predicted octanol–water partition coefficient (Wildman–Crippen LogP) is 6.42. The molecule has 1 amide bonds. The summed E-state index contributed by atoms with van der Waals surface area (Å²) in [5.74, 6) is -0.0621. The van der Waals surface area contributed by atoms with Crippen LogP contribution in [-0.4, -0.2) is 36.0 Å². The van der Waals surface area contributed by atoms with Gasteiger partial charge in [0, 0.05) is 46.0 Å². The first kappa shape index (κ1) is 23.0. The number of H-pyrrole nitrogens is 2. The van der Waals surface area contributed by atoms with E-state index in [2.05, 4.69) is 35.8 Å². The van der Waals surface area contributed by atoms with E-state index < -0.39 is 11.2 Å². The van der Waals surface area contributed by atoms with Crippen molar-refractivity contribution in [1.29, 1.82) is 0 Å². The van der Waals surface area contributed by atoms with Crippen molar-refractivity contribution in [1.82, 2.24) is 30.1 Å². The number of aromatic amines is 2. The lowest BCUT2D eigenvalue weighted by Gasteiger charge is -2.17. The van der Waals surface area contributed by atoms with Crippen molar-refractivity contribution >= 4 is 45.0 Å². The third-order valence-electron chi connectivity index (χ3n) is 6.08. The maximum absolute atomic E-state index is 15.2. The van der Waals surface area contributed by atoms with Gasteiger partial charge in [-0.3, -0.25) is 14.9 Å². The Labute approximate surface area is 215 Å². The maximum atomic E-state index is 15.2. The van der Waals surface area contributed by atoms with Crippen LogP contribution in [0.25, 0.3) is 55.8 Å². The van der Waals surface area contributed by atoms with Crippen molar-refractivity contribution in [3.8, 4) is 33.8 Å². The summed E-state index contributed by atoms with van der Waals surface area (Å²) in [5.41, 5.74) is 5.29. The van der Waals surface area contributed by atoms with E-state index in [1.807, 2.05) is 38.3 Å². The van der Waals surface area contributed by atoms with Gasteiger partial charge in [0.25, 0.3) is 0 Å². The van der Waals surface area contributed by atoms with Crippen molar-refractivity contribution in [2.75, 3.05) is 5.32 Å². The number of nitrogens with zero attached hydrogens (tertiary/aromatic N) is 4. The number of hydrogen-bond acceptors (Lipinski definition) is 6. The number of imidazole rings is 1. The molecule has 0 bridgehead atoms. The summed E-state index contributed by atoms with van der Waals surface area (Å²) in [4.78, 5) is 29.1. The van der Waals surface area contributed by atoms with Crippen molar-refractivity contribution in [3.05, 3.63) is 65.5 Å². The zero-order valence-electron chi connectivity index (χ0n) is 20.3. The maximum Gasteiger partial charge on any atom is 0.229 e. The van der Waals surface area contributed by atoms with E-state index in [0.29, 0.717) is 44.9 Å². The van der Waals surface area contributed by atoms with Crippen LogP contribution in [0.15, 0.2) is 59.7 Å². The number of fused-ring (bicyclic) bond motifs is 2. The Balaban J connectivity index is 1.43. The van der Waals surface area contributed by atoms with Gasteiger partial charge in [0.05, 0.1) is 17.4 Å². The Morgan fingerprint density at radius 2 is 1.95 bits per heavy atom. The molecule has 0 aliphatic heterocycles. The number of anilines is 1. The van der Waals surface area contributed by atoms with Gasteiger partial charge in [-0.25, -0.2) is 14.4 Å². The van der Waals surface area contributed by atoms with Crippen LogP contribution in [0.2, 0.25) is 0 Å². The summed E-state index contributed by atoms with van der Waals surface area (Å²) in [6.45, 7) is 5.47. The molecular formula is C27H22FN7OS. The largest absolute Gasteiger partial charge is 0.324 e. The summed E-state index contributed by atoms with van der Waals surface area (Å²) >= 11 is 1.62. The summed E-state index contributed by atoms with van der Waals surface area (Å²) in [6, 6.07) is 8.80. The van der Waals surface area contributed by atoms with Crippen molar-refractivity contribution < 1.29 is 9.18 Å². The second-order valence-electron chi connectivity index (χ2n) is 9.77. The molecule has 10 heteroatoms. The minimum Gasteiger partial charge on any atom is -0.324 e. The lowest BCUT2D eigenvalue weighted by Crippen LogP contribution is -2.27. The van der Waals surface area contributed by atoms with Gasteiger partial charge in [-0.1, -0.05) is 20.8 Å². The number of carbonyl (C=O) groups is 1. The molecule has 6 rings (SSSR count). The van der Waals surface area contributed by atoms with Crippen LogP contribution in [0.1, 0.15) is 20.8 Å². The van der Waals surface area contributed by atoms with Gasteiger partial charge in [0.2, 0.25) is 5.91 Å². The third-order valence-corrected chi connectivity index (χ3v) is 6.76. The van der Waals surface area contributed by atoms with Gasteiger partial charge in [-0.15, -0.1) is 0 Å². The first-order chi connectivity index (χ1) is 17.8. The molecular weight excluding hydrogens is 489 g/mol. The van der Waals surface area contributed by atoms with Gasteiger partial charge in [0.15, 0.2) is 11.5 Å². The van der Waals surface area contributed by atoms with Gasteiger partial charge in [0.1, 0.15) is 17.0 Å². The van der Waals surface area contributed by atoms with Gasteiger partial charge >= 0.3 is 0 Å². The summed E-state index contributed by atoms with van der Waals surface area (Å²) in [6.07, 6.45) is 4.85. The van der Waals surface area contributed by atoms with Crippen molar-refractivity contribution in [2.45, 2.75) is 20.8 Å². The molecule has 0 fully saturated rings. The fourth-order valence-corrected chi connectivity index (χ4v) is 4.74. The molecule has 37 heavy (non-hydrogen) atoms. The average Bonchev–Trinajstić information content (AvgIpc) is 3.62. The Kier molecular flexibility index (Phi) is 5.34. The first-order valence-electron chi connectivity index (χ1n) is 11.6. The highest BCUT2D eigenvalue weighted by Gasteiger charge is 2.22. The number of hydrogen-bond donors (Lipinski definition) is 3. The number of thiophene rings is 1. The van der Waals surface area contributed by atoms with Crippen LogP contribution < -0.4 is 5.32 Å². The number of carbonyl (C=O) groups excluding carboxylic acids is 1. The van der Waals surface area contributed by atoms with E-state index >= 15 is 4.39 Å². The minimum absolute atomic E-state index is 0.153. The van der Waals surface area contributed by atoms with Gasteiger partial charge in [-0.2, -0.15) is 16.4 Å². The molecule has 0 saturated heterocycles. The second kappa shape index (κ2) is 8.59. The molecule has 1 aromatic carbocycles. The van der Waals surface area contributed by atoms with Crippen LogP contribution in [0, 0.1) is 11.2 Å². The van der Waals surface area contributed by atoms with E-state index in [1.54, 1.807) is 42.1 Å². The van der Waals surface area contributed by atoms with Crippen LogP contribution >= 0.6 is 11.3 Å². The van der Waals surface area contributed by atoms with Gasteiger partial charge < -0.3 is 10.3 Å². The number of rotatable bonds is 4. The molecule has 5 aromatic heterocycles. The fraction of sp³-hybridized carbons (Fsp3) is 0.148.